The van der Waals surface area contributed by atoms with E-state index < -0.39 is 5.91 Å². The van der Waals surface area contributed by atoms with Gasteiger partial charge in [-0.2, -0.15) is 14.8 Å². The largest absolute Gasteiger partial charge is 0.311 e. The van der Waals surface area contributed by atoms with Crippen LogP contribution in [0.25, 0.3) is 0 Å². The van der Waals surface area contributed by atoms with Gasteiger partial charge in [-0.15, -0.1) is 0 Å². The zero-order valence-corrected chi connectivity index (χ0v) is 11.9. The van der Waals surface area contributed by atoms with Crippen molar-refractivity contribution in [3.05, 3.63) is 23.9 Å². The van der Waals surface area contributed by atoms with Crippen LogP contribution in [0, 0.1) is 0 Å². The number of hydrogen-bond acceptors (Lipinski definition) is 4. The molecular weight excluding hydrogens is 270 g/mol. The maximum Gasteiger partial charge on any atom is 0.281 e. The summed E-state index contributed by atoms with van der Waals surface area (Å²) in [7, 11) is 0. The standard InChI is InChI=1S/C14H15N5O2/c1-7-8(2)15-14(17-13(7)21)19-12(16-9(3)20)6-11(18-19)10-4-5-10/h6,10H,1,4-5H2,2-3H3,(H,16,20). The van der Waals surface area contributed by atoms with Crippen molar-refractivity contribution in [3.8, 4) is 0 Å². The zero-order valence-electron chi connectivity index (χ0n) is 11.9. The van der Waals surface area contributed by atoms with E-state index in [2.05, 4.69) is 27.0 Å². The van der Waals surface area contributed by atoms with Crippen LogP contribution in [0.15, 0.2) is 28.2 Å². The molecule has 1 aromatic rings. The molecule has 1 fully saturated rings. The number of aliphatic imine (C=N–C) groups is 2. The maximum absolute atomic E-state index is 11.8. The van der Waals surface area contributed by atoms with Gasteiger partial charge in [-0.1, -0.05) is 6.58 Å². The number of amides is 2. The summed E-state index contributed by atoms with van der Waals surface area (Å²) in [6.45, 7) is 6.74. The van der Waals surface area contributed by atoms with E-state index in [4.69, 9.17) is 0 Å². The third-order valence-electron chi connectivity index (χ3n) is 3.38. The molecule has 0 radical (unpaired) electrons. The highest BCUT2D eigenvalue weighted by molar-refractivity contribution is 6.27. The van der Waals surface area contributed by atoms with Crippen LogP contribution in [0.1, 0.15) is 38.3 Å². The number of nitrogens with zero attached hydrogens (tertiary/aromatic N) is 4. The lowest BCUT2D eigenvalue weighted by Gasteiger charge is -2.12. The van der Waals surface area contributed by atoms with Crippen molar-refractivity contribution >= 4 is 29.3 Å². The first-order valence-corrected chi connectivity index (χ1v) is 6.71. The summed E-state index contributed by atoms with van der Waals surface area (Å²) < 4.78 is 1.41. The molecule has 0 spiro atoms. The Morgan fingerprint density at radius 1 is 1.43 bits per heavy atom. The molecular formula is C14H15N5O2. The Balaban J connectivity index is 2.04. The van der Waals surface area contributed by atoms with Gasteiger partial charge in [0.05, 0.1) is 17.0 Å². The van der Waals surface area contributed by atoms with E-state index in [1.807, 2.05) is 0 Å². The van der Waals surface area contributed by atoms with E-state index in [0.717, 1.165) is 18.5 Å². The molecule has 3 rings (SSSR count). The fraction of sp³-hybridized carbons (Fsp3) is 0.357. The fourth-order valence-corrected chi connectivity index (χ4v) is 2.05. The molecule has 2 amide bonds. The smallest absolute Gasteiger partial charge is 0.281 e. The normalized spacial score (nSPS) is 18.4. The number of nitrogens with one attached hydrogen (secondary N) is 1. The van der Waals surface area contributed by atoms with Gasteiger partial charge in [-0.05, 0) is 19.8 Å². The molecule has 1 aromatic heterocycles. The number of carbonyl (C=O) groups is 2. The summed E-state index contributed by atoms with van der Waals surface area (Å²) in [6.07, 6.45) is 2.17. The minimum absolute atomic E-state index is 0.153. The molecule has 21 heavy (non-hydrogen) atoms. The lowest BCUT2D eigenvalue weighted by molar-refractivity contribution is -0.114. The van der Waals surface area contributed by atoms with Crippen LogP contribution in [0.2, 0.25) is 0 Å². The van der Waals surface area contributed by atoms with Gasteiger partial charge in [-0.3, -0.25) is 9.59 Å². The highest BCUT2D eigenvalue weighted by Gasteiger charge is 2.29. The molecule has 1 N–H and O–H groups in total. The Morgan fingerprint density at radius 3 is 2.71 bits per heavy atom. The summed E-state index contributed by atoms with van der Waals surface area (Å²) in [4.78, 5) is 31.2. The van der Waals surface area contributed by atoms with E-state index >= 15 is 0 Å². The monoisotopic (exact) mass is 285 g/mol. The molecule has 0 aromatic carbocycles. The number of hydrogen-bond donors (Lipinski definition) is 1. The second kappa shape index (κ2) is 4.76. The molecule has 2 aliphatic rings. The zero-order chi connectivity index (χ0) is 15.1. The molecule has 0 saturated heterocycles. The predicted octanol–water partition coefficient (Wildman–Crippen LogP) is 1.48. The van der Waals surface area contributed by atoms with Gasteiger partial charge in [0.25, 0.3) is 11.9 Å². The lowest BCUT2D eigenvalue weighted by Crippen LogP contribution is -2.24. The summed E-state index contributed by atoms with van der Waals surface area (Å²) in [5.74, 6) is 0.389. The van der Waals surface area contributed by atoms with E-state index in [1.165, 1.54) is 11.6 Å². The van der Waals surface area contributed by atoms with E-state index in [0.29, 0.717) is 17.4 Å². The number of aromatic nitrogens is 2. The summed E-state index contributed by atoms with van der Waals surface area (Å²) in [5, 5.41) is 7.12. The van der Waals surface area contributed by atoms with Crippen LogP contribution < -0.4 is 5.32 Å². The Bertz CT molecular complexity index is 722. The first-order valence-electron chi connectivity index (χ1n) is 6.71. The van der Waals surface area contributed by atoms with Crippen molar-refractivity contribution in [2.24, 2.45) is 9.98 Å². The van der Waals surface area contributed by atoms with Crippen molar-refractivity contribution < 1.29 is 9.59 Å². The molecule has 7 nitrogen and oxygen atoms in total. The Kier molecular flexibility index (Phi) is 3.04. The lowest BCUT2D eigenvalue weighted by atomic mass is 10.2. The van der Waals surface area contributed by atoms with Crippen molar-refractivity contribution in [2.75, 3.05) is 5.32 Å². The highest BCUT2D eigenvalue weighted by Crippen LogP contribution is 2.40. The first-order chi connectivity index (χ1) is 9.95. The summed E-state index contributed by atoms with van der Waals surface area (Å²) >= 11 is 0. The SMILES string of the molecule is C=C1C(=O)N=C(n2nc(C3CC3)cc2NC(C)=O)N=C1C. The minimum atomic E-state index is -0.435. The van der Waals surface area contributed by atoms with Gasteiger partial charge in [0.2, 0.25) is 5.91 Å². The predicted molar refractivity (Wildman–Crippen MR) is 78.6 cm³/mol. The van der Waals surface area contributed by atoms with E-state index in [-0.39, 0.29) is 17.4 Å². The average Bonchev–Trinajstić information content (AvgIpc) is 3.17. The van der Waals surface area contributed by atoms with Gasteiger partial charge in [0, 0.05) is 18.9 Å². The Morgan fingerprint density at radius 2 is 2.14 bits per heavy atom. The quantitative estimate of drug-likeness (QED) is 0.835. The van der Waals surface area contributed by atoms with Crippen LogP contribution in [0.5, 0.6) is 0 Å². The van der Waals surface area contributed by atoms with Crippen LogP contribution in [-0.2, 0) is 9.59 Å². The van der Waals surface area contributed by atoms with Crippen LogP contribution >= 0.6 is 0 Å². The topological polar surface area (TPSA) is 88.7 Å². The van der Waals surface area contributed by atoms with Gasteiger partial charge in [0.1, 0.15) is 5.82 Å². The van der Waals surface area contributed by atoms with Gasteiger partial charge in [-0.25, -0.2) is 4.99 Å². The van der Waals surface area contributed by atoms with Gasteiger partial charge in [0.15, 0.2) is 0 Å². The van der Waals surface area contributed by atoms with Crippen molar-refractivity contribution in [2.45, 2.75) is 32.6 Å². The fourth-order valence-electron chi connectivity index (χ4n) is 2.05. The molecule has 1 aliphatic carbocycles. The molecule has 7 heteroatoms. The second-order valence-electron chi connectivity index (χ2n) is 5.21. The number of rotatable bonds is 2. The molecule has 1 saturated carbocycles. The maximum atomic E-state index is 11.8. The average molecular weight is 285 g/mol. The van der Waals surface area contributed by atoms with Crippen LogP contribution in [0.4, 0.5) is 5.82 Å². The van der Waals surface area contributed by atoms with Crippen molar-refractivity contribution in [3.63, 3.8) is 0 Å². The summed E-state index contributed by atoms with van der Waals surface area (Å²) in [6, 6.07) is 1.81. The second-order valence-corrected chi connectivity index (χ2v) is 5.21. The molecule has 0 bridgehead atoms. The number of anilines is 1. The van der Waals surface area contributed by atoms with Gasteiger partial charge < -0.3 is 5.32 Å². The molecule has 1 aliphatic heterocycles. The molecule has 2 heterocycles. The molecule has 108 valence electrons. The number of carbonyl (C=O) groups excluding carboxylic acids is 2. The van der Waals surface area contributed by atoms with Crippen LogP contribution in [0.3, 0.4) is 0 Å². The van der Waals surface area contributed by atoms with Crippen molar-refractivity contribution in [1.29, 1.82) is 0 Å². The van der Waals surface area contributed by atoms with E-state index in [1.54, 1.807) is 13.0 Å². The van der Waals surface area contributed by atoms with E-state index in [9.17, 15) is 9.59 Å². The molecule has 0 unspecified atom stereocenters. The highest BCUT2D eigenvalue weighted by atomic mass is 16.2. The Hall–Kier alpha value is -2.57. The van der Waals surface area contributed by atoms with Gasteiger partial charge >= 0.3 is 0 Å². The summed E-state index contributed by atoms with van der Waals surface area (Å²) in [5.41, 5.74) is 1.66. The molecule has 0 atom stereocenters. The first kappa shape index (κ1) is 13.4. The van der Waals surface area contributed by atoms with Crippen molar-refractivity contribution in [1.82, 2.24) is 9.78 Å². The van der Waals surface area contributed by atoms with Crippen LogP contribution in [-0.4, -0.2) is 33.3 Å². The minimum Gasteiger partial charge on any atom is -0.311 e. The third kappa shape index (κ3) is 2.54. The third-order valence-corrected chi connectivity index (χ3v) is 3.38. The Labute approximate surface area is 121 Å².